The first-order chi connectivity index (χ1) is 15.0. The van der Waals surface area contributed by atoms with Crippen molar-refractivity contribution < 1.29 is 19.8 Å². The highest BCUT2D eigenvalue weighted by Crippen LogP contribution is 2.55. The van der Waals surface area contributed by atoms with Crippen molar-refractivity contribution in [1.29, 1.82) is 0 Å². The molecule has 0 unspecified atom stereocenters. The van der Waals surface area contributed by atoms with E-state index in [1.807, 2.05) is 18.2 Å². The number of allylic oxidation sites excluding steroid dienone is 4. The lowest BCUT2D eigenvalue weighted by Crippen LogP contribution is -2.43. The third kappa shape index (κ3) is 2.76. The number of hydrogen-bond acceptors (Lipinski definition) is 2. The van der Waals surface area contributed by atoms with Gasteiger partial charge in [0.1, 0.15) is 0 Å². The topological polar surface area (TPSA) is 74.6 Å². The Hall–Kier alpha value is -3.92. The zero-order valence-electron chi connectivity index (χ0n) is 16.7. The average Bonchev–Trinajstić information content (AvgIpc) is 2.78. The van der Waals surface area contributed by atoms with Gasteiger partial charge >= 0.3 is 11.9 Å². The van der Waals surface area contributed by atoms with Crippen LogP contribution in [0.1, 0.15) is 28.7 Å². The number of benzene rings is 3. The lowest BCUT2D eigenvalue weighted by Gasteiger charge is -2.38. The van der Waals surface area contributed by atoms with Gasteiger partial charge in [-0.1, -0.05) is 85.0 Å². The van der Waals surface area contributed by atoms with Crippen LogP contribution in [0.3, 0.4) is 0 Å². The van der Waals surface area contributed by atoms with Gasteiger partial charge in [-0.15, -0.1) is 0 Å². The lowest BCUT2D eigenvalue weighted by atomic mass is 9.62. The molecule has 3 aliphatic carbocycles. The van der Waals surface area contributed by atoms with Crippen LogP contribution in [0.15, 0.2) is 78.9 Å². The molecule has 0 radical (unpaired) electrons. The first-order valence-corrected chi connectivity index (χ1v) is 10.2. The third-order valence-electron chi connectivity index (χ3n) is 6.28. The summed E-state index contributed by atoms with van der Waals surface area (Å²) in [6.07, 6.45) is 8.95. The number of aliphatic carboxylic acids is 2. The summed E-state index contributed by atoms with van der Waals surface area (Å²) in [5.41, 5.74) is 3.81. The second-order valence-corrected chi connectivity index (χ2v) is 7.93. The van der Waals surface area contributed by atoms with Crippen molar-refractivity contribution in [3.05, 3.63) is 101 Å². The molecule has 0 atom stereocenters. The van der Waals surface area contributed by atoms with Crippen LogP contribution in [-0.2, 0) is 16.0 Å². The normalized spacial score (nSPS) is 16.5. The van der Waals surface area contributed by atoms with E-state index < -0.39 is 17.4 Å². The predicted molar refractivity (Wildman–Crippen MR) is 121 cm³/mol. The molecule has 3 aromatic carbocycles. The second kappa shape index (κ2) is 7.10. The molecule has 0 heterocycles. The Labute approximate surface area is 179 Å². The average molecular weight is 408 g/mol. The zero-order chi connectivity index (χ0) is 21.6. The van der Waals surface area contributed by atoms with Crippen molar-refractivity contribution in [2.24, 2.45) is 5.41 Å². The molecule has 0 aliphatic heterocycles. The van der Waals surface area contributed by atoms with Crippen LogP contribution in [0.2, 0.25) is 0 Å². The number of hydrogen-bond donors (Lipinski definition) is 2. The van der Waals surface area contributed by atoms with Gasteiger partial charge in [0, 0.05) is 0 Å². The fourth-order valence-electron chi connectivity index (χ4n) is 4.79. The predicted octanol–water partition coefficient (Wildman–Crippen LogP) is 5.44. The van der Waals surface area contributed by atoms with Crippen LogP contribution >= 0.6 is 0 Å². The van der Waals surface area contributed by atoms with Crippen molar-refractivity contribution in [3.8, 4) is 0 Å². The molecule has 4 nitrogen and oxygen atoms in total. The van der Waals surface area contributed by atoms with E-state index in [0.29, 0.717) is 5.57 Å². The molecule has 3 aromatic rings. The van der Waals surface area contributed by atoms with Crippen molar-refractivity contribution in [1.82, 2.24) is 0 Å². The van der Waals surface area contributed by atoms with Gasteiger partial charge in [-0.25, -0.2) is 0 Å². The molecular weight excluding hydrogens is 388 g/mol. The van der Waals surface area contributed by atoms with Gasteiger partial charge in [0.25, 0.3) is 0 Å². The lowest BCUT2D eigenvalue weighted by molar-refractivity contribution is -0.159. The molecule has 6 rings (SSSR count). The molecule has 152 valence electrons. The van der Waals surface area contributed by atoms with E-state index in [4.69, 9.17) is 0 Å². The minimum Gasteiger partial charge on any atom is -0.480 e. The number of carboxylic acids is 2. The van der Waals surface area contributed by atoms with Crippen molar-refractivity contribution in [2.75, 3.05) is 0 Å². The van der Waals surface area contributed by atoms with E-state index in [1.54, 1.807) is 18.2 Å². The highest BCUT2D eigenvalue weighted by atomic mass is 16.4. The van der Waals surface area contributed by atoms with Gasteiger partial charge in [-0.2, -0.15) is 0 Å². The minimum atomic E-state index is -1.83. The summed E-state index contributed by atoms with van der Waals surface area (Å²) in [6, 6.07) is 20.3. The monoisotopic (exact) mass is 408 g/mol. The van der Waals surface area contributed by atoms with Gasteiger partial charge in [0.2, 0.25) is 0 Å². The highest BCUT2D eigenvalue weighted by Gasteiger charge is 2.54. The molecule has 31 heavy (non-hydrogen) atoms. The molecule has 4 heteroatoms. The Morgan fingerprint density at radius 3 is 2.23 bits per heavy atom. The largest absolute Gasteiger partial charge is 0.480 e. The van der Waals surface area contributed by atoms with E-state index in [9.17, 15) is 19.8 Å². The van der Waals surface area contributed by atoms with E-state index in [0.717, 1.165) is 23.1 Å². The van der Waals surface area contributed by atoms with Crippen LogP contribution in [0.5, 0.6) is 0 Å². The second-order valence-electron chi connectivity index (χ2n) is 7.93. The molecule has 0 bridgehead atoms. The van der Waals surface area contributed by atoms with E-state index in [-0.39, 0.29) is 6.42 Å². The molecule has 0 fully saturated rings. The maximum absolute atomic E-state index is 11.5. The standard InChI is InChI=1S/C14H10O4.C13H10/c15-12(16)14(13(17)18)7-3-6-10-8-4-1-2-5-9(8)11(10)14;1-4-10-6-2-8-12-9-3-7-11(5-1)13(10)12/h1-6H,7H2,(H,15,16)(H,17,18);1-8H,9H2. The third-order valence-corrected chi connectivity index (χ3v) is 6.28. The Morgan fingerprint density at radius 2 is 1.48 bits per heavy atom. The maximum Gasteiger partial charge on any atom is 0.326 e. The van der Waals surface area contributed by atoms with Crippen LogP contribution in [0.4, 0.5) is 0 Å². The molecule has 0 saturated carbocycles. The molecule has 2 N–H and O–H groups in total. The molecule has 0 spiro atoms. The maximum atomic E-state index is 11.5. The number of rotatable bonds is 2. The Bertz CT molecular complexity index is 1320. The molecule has 0 saturated heterocycles. The summed E-state index contributed by atoms with van der Waals surface area (Å²) < 4.78 is 0. The summed E-state index contributed by atoms with van der Waals surface area (Å²) in [5, 5.41) is 21.5. The quantitative estimate of drug-likeness (QED) is 0.554. The molecule has 3 aliphatic rings. The minimum absolute atomic E-state index is 0.00909. The summed E-state index contributed by atoms with van der Waals surface area (Å²) in [7, 11) is 0. The Kier molecular flexibility index (Phi) is 4.36. The highest BCUT2D eigenvalue weighted by molar-refractivity contribution is 6.23. The van der Waals surface area contributed by atoms with E-state index in [1.165, 1.54) is 21.9 Å². The number of carboxylic acid groups (broad SMARTS) is 2. The van der Waals surface area contributed by atoms with Gasteiger partial charge < -0.3 is 10.2 Å². The van der Waals surface area contributed by atoms with Crippen molar-refractivity contribution in [3.63, 3.8) is 0 Å². The Balaban J connectivity index is 0.000000138. The van der Waals surface area contributed by atoms with Gasteiger partial charge in [-0.05, 0) is 57.0 Å². The fourth-order valence-corrected chi connectivity index (χ4v) is 4.79. The Morgan fingerprint density at radius 1 is 0.774 bits per heavy atom. The van der Waals surface area contributed by atoms with Gasteiger partial charge in [0.05, 0.1) is 0 Å². The van der Waals surface area contributed by atoms with Crippen LogP contribution in [-0.4, -0.2) is 22.2 Å². The fraction of sp³-hybridized carbons (Fsp3) is 0.111. The smallest absolute Gasteiger partial charge is 0.326 e. The van der Waals surface area contributed by atoms with Gasteiger partial charge in [-0.3, -0.25) is 9.59 Å². The van der Waals surface area contributed by atoms with Crippen molar-refractivity contribution >= 4 is 39.9 Å². The van der Waals surface area contributed by atoms with E-state index >= 15 is 0 Å². The zero-order valence-corrected chi connectivity index (χ0v) is 16.7. The van der Waals surface area contributed by atoms with Crippen LogP contribution < -0.4 is 0 Å². The molecular formula is C27H20O4. The first kappa shape index (κ1) is 19.1. The summed E-state index contributed by atoms with van der Waals surface area (Å²) >= 11 is 0. The number of fused-ring (bicyclic) bond motifs is 3. The summed E-state index contributed by atoms with van der Waals surface area (Å²) in [5.74, 6) is -2.61. The molecule has 0 amide bonds. The van der Waals surface area contributed by atoms with Gasteiger partial charge in [0.15, 0.2) is 5.41 Å². The van der Waals surface area contributed by atoms with Crippen LogP contribution in [0, 0.1) is 5.41 Å². The van der Waals surface area contributed by atoms with Crippen molar-refractivity contribution in [2.45, 2.75) is 12.8 Å². The molecule has 0 aromatic heterocycles. The van der Waals surface area contributed by atoms with E-state index in [2.05, 4.69) is 48.6 Å². The van der Waals surface area contributed by atoms with Crippen LogP contribution in [0.25, 0.3) is 28.0 Å². The SMILES string of the molecule is C1=Cc2cccc3cccc(c23)C1.O=C(O)C1(C(=O)O)CC=CC2=C1c1ccccc12. The number of carbonyl (C=O) groups is 2. The summed E-state index contributed by atoms with van der Waals surface area (Å²) in [4.78, 5) is 22.9. The summed E-state index contributed by atoms with van der Waals surface area (Å²) in [6.45, 7) is 0. The first-order valence-electron chi connectivity index (χ1n) is 10.2.